The molecule has 0 spiro atoms. The van der Waals surface area contributed by atoms with Gasteiger partial charge in [0, 0.05) is 37.1 Å². The van der Waals surface area contributed by atoms with Crippen LogP contribution in [0.3, 0.4) is 0 Å². The fourth-order valence-electron chi connectivity index (χ4n) is 3.68. The highest BCUT2D eigenvalue weighted by Crippen LogP contribution is 2.35. The summed E-state index contributed by atoms with van der Waals surface area (Å²) in [4.78, 5) is 6.84. The summed E-state index contributed by atoms with van der Waals surface area (Å²) >= 11 is 0. The molecule has 3 nitrogen and oxygen atoms in total. The third-order valence-electron chi connectivity index (χ3n) is 4.70. The first-order valence-corrected chi connectivity index (χ1v) is 7.18. The van der Waals surface area contributed by atoms with Gasteiger partial charge in [0.05, 0.1) is 0 Å². The van der Waals surface area contributed by atoms with Gasteiger partial charge in [0.2, 0.25) is 0 Å². The lowest BCUT2D eigenvalue weighted by atomic mass is 9.97. The van der Waals surface area contributed by atoms with Gasteiger partial charge in [-0.2, -0.15) is 0 Å². The number of hydrogen-bond acceptors (Lipinski definition) is 3. The average Bonchev–Trinajstić information content (AvgIpc) is 2.66. The van der Waals surface area contributed by atoms with Crippen LogP contribution in [-0.2, 0) is 6.42 Å². The number of fused-ring (bicyclic) bond motifs is 2. The van der Waals surface area contributed by atoms with Crippen LogP contribution in [-0.4, -0.2) is 41.6 Å². The minimum Gasteiger partial charge on any atom is -0.317 e. The van der Waals surface area contributed by atoms with E-state index in [0.29, 0.717) is 0 Å². The minimum absolute atomic E-state index is 0.750. The van der Waals surface area contributed by atoms with E-state index in [1.54, 1.807) is 0 Å². The Kier molecular flexibility index (Phi) is 3.62. The summed E-state index contributed by atoms with van der Waals surface area (Å²) in [5.74, 6) is 0. The number of rotatable bonds is 4. The fourth-order valence-corrected chi connectivity index (χ4v) is 3.68. The van der Waals surface area contributed by atoms with E-state index in [4.69, 9.17) is 0 Å². The Morgan fingerprint density at radius 3 is 2.50 bits per heavy atom. The second-order valence-electron chi connectivity index (χ2n) is 5.69. The van der Waals surface area contributed by atoms with Crippen molar-refractivity contribution in [2.24, 2.45) is 0 Å². The molecular weight excluding hydrogens is 222 g/mol. The number of hydrogen-bond donors (Lipinski definition) is 1. The van der Waals surface area contributed by atoms with Gasteiger partial charge in [0.15, 0.2) is 0 Å². The van der Waals surface area contributed by atoms with Gasteiger partial charge in [-0.1, -0.05) is 0 Å². The van der Waals surface area contributed by atoms with Crippen molar-refractivity contribution in [2.75, 3.05) is 13.6 Å². The quantitative estimate of drug-likeness (QED) is 0.877. The van der Waals surface area contributed by atoms with E-state index < -0.39 is 0 Å². The first-order valence-electron chi connectivity index (χ1n) is 7.18. The molecular formula is C15H23N3. The normalized spacial score (nSPS) is 31.7. The first kappa shape index (κ1) is 12.1. The zero-order valence-corrected chi connectivity index (χ0v) is 11.2. The predicted molar refractivity (Wildman–Crippen MR) is 73.5 cm³/mol. The molecule has 18 heavy (non-hydrogen) atoms. The molecule has 0 radical (unpaired) electrons. The maximum atomic E-state index is 4.08. The van der Waals surface area contributed by atoms with E-state index in [2.05, 4.69) is 34.4 Å². The highest BCUT2D eigenvalue weighted by atomic mass is 15.2. The molecule has 0 saturated carbocycles. The van der Waals surface area contributed by atoms with Crippen molar-refractivity contribution in [1.29, 1.82) is 0 Å². The van der Waals surface area contributed by atoms with Gasteiger partial charge < -0.3 is 5.32 Å². The minimum atomic E-state index is 0.750. The summed E-state index contributed by atoms with van der Waals surface area (Å²) < 4.78 is 0. The monoisotopic (exact) mass is 245 g/mol. The molecule has 98 valence electrons. The molecule has 0 amide bonds. The Morgan fingerprint density at radius 2 is 1.89 bits per heavy atom. The van der Waals surface area contributed by atoms with Crippen LogP contribution in [0.4, 0.5) is 0 Å². The van der Waals surface area contributed by atoms with Crippen LogP contribution in [0.15, 0.2) is 24.5 Å². The van der Waals surface area contributed by atoms with Gasteiger partial charge in [-0.25, -0.2) is 0 Å². The van der Waals surface area contributed by atoms with Gasteiger partial charge >= 0.3 is 0 Å². The lowest BCUT2D eigenvalue weighted by Crippen LogP contribution is -2.48. The summed E-state index contributed by atoms with van der Waals surface area (Å²) in [7, 11) is 2.11. The average molecular weight is 245 g/mol. The molecule has 0 aliphatic carbocycles. The number of pyridine rings is 1. The lowest BCUT2D eigenvalue weighted by Gasteiger charge is -2.39. The van der Waals surface area contributed by atoms with Crippen LogP contribution in [0.2, 0.25) is 0 Å². The highest BCUT2D eigenvalue weighted by Gasteiger charge is 2.39. The molecule has 0 aromatic carbocycles. The standard InChI is InChI=1S/C15H23N3/c1-16-13-10-14-2-3-15(11-13)18(14)9-6-12-4-7-17-8-5-12/h4-5,7-8,13-16H,2-3,6,9-11H2,1H3. The maximum absolute atomic E-state index is 4.08. The van der Waals surface area contributed by atoms with Crippen molar-refractivity contribution in [3.63, 3.8) is 0 Å². The van der Waals surface area contributed by atoms with Crippen LogP contribution in [0, 0.1) is 0 Å². The van der Waals surface area contributed by atoms with Gasteiger partial charge in [0.1, 0.15) is 0 Å². The molecule has 2 saturated heterocycles. The van der Waals surface area contributed by atoms with Gasteiger partial charge in [-0.3, -0.25) is 9.88 Å². The number of piperidine rings is 1. The van der Waals surface area contributed by atoms with Crippen LogP contribution in [0.5, 0.6) is 0 Å². The molecule has 1 aromatic rings. The molecule has 1 aromatic heterocycles. The van der Waals surface area contributed by atoms with E-state index in [1.165, 1.54) is 44.2 Å². The summed E-state index contributed by atoms with van der Waals surface area (Å²) in [6.45, 7) is 1.22. The summed E-state index contributed by atoms with van der Waals surface area (Å²) in [5.41, 5.74) is 1.42. The molecule has 1 N–H and O–H groups in total. The molecule has 2 atom stereocenters. The summed E-state index contributed by atoms with van der Waals surface area (Å²) in [6.07, 6.45) is 10.4. The van der Waals surface area contributed by atoms with E-state index in [0.717, 1.165) is 18.1 Å². The molecule has 2 bridgehead atoms. The van der Waals surface area contributed by atoms with E-state index in [9.17, 15) is 0 Å². The third kappa shape index (κ3) is 2.43. The smallest absolute Gasteiger partial charge is 0.0270 e. The molecule has 2 fully saturated rings. The van der Waals surface area contributed by atoms with E-state index in [-0.39, 0.29) is 0 Å². The molecule has 3 rings (SSSR count). The molecule has 2 unspecified atom stereocenters. The van der Waals surface area contributed by atoms with Crippen molar-refractivity contribution in [2.45, 2.75) is 50.2 Å². The van der Waals surface area contributed by atoms with Crippen molar-refractivity contribution in [1.82, 2.24) is 15.2 Å². The van der Waals surface area contributed by atoms with Crippen molar-refractivity contribution < 1.29 is 0 Å². The first-order chi connectivity index (χ1) is 8.86. The number of nitrogens with zero attached hydrogens (tertiary/aromatic N) is 2. The topological polar surface area (TPSA) is 28.2 Å². The van der Waals surface area contributed by atoms with E-state index >= 15 is 0 Å². The third-order valence-corrected chi connectivity index (χ3v) is 4.70. The Labute approximate surface area is 110 Å². The predicted octanol–water partition coefficient (Wildman–Crippen LogP) is 1.84. The summed E-state index contributed by atoms with van der Waals surface area (Å²) in [5, 5.41) is 3.46. The fraction of sp³-hybridized carbons (Fsp3) is 0.667. The van der Waals surface area contributed by atoms with Gasteiger partial charge in [-0.15, -0.1) is 0 Å². The molecule has 3 heterocycles. The molecule has 2 aliphatic heterocycles. The highest BCUT2D eigenvalue weighted by molar-refractivity contribution is 5.10. The van der Waals surface area contributed by atoms with Crippen LogP contribution in [0.25, 0.3) is 0 Å². The SMILES string of the molecule is CNC1CC2CCC(C1)N2CCc1ccncc1. The van der Waals surface area contributed by atoms with Gasteiger partial charge in [-0.05, 0) is 56.8 Å². The molecule has 3 heteroatoms. The van der Waals surface area contributed by atoms with Crippen molar-refractivity contribution in [3.8, 4) is 0 Å². The van der Waals surface area contributed by atoms with Crippen LogP contribution >= 0.6 is 0 Å². The second kappa shape index (κ2) is 5.37. The number of aromatic nitrogens is 1. The molecule has 2 aliphatic rings. The second-order valence-corrected chi connectivity index (χ2v) is 5.69. The number of nitrogens with one attached hydrogen (secondary N) is 1. The van der Waals surface area contributed by atoms with Crippen LogP contribution < -0.4 is 5.32 Å². The van der Waals surface area contributed by atoms with Crippen molar-refractivity contribution >= 4 is 0 Å². The van der Waals surface area contributed by atoms with Crippen molar-refractivity contribution in [3.05, 3.63) is 30.1 Å². The zero-order chi connectivity index (χ0) is 12.4. The lowest BCUT2D eigenvalue weighted by molar-refractivity contribution is 0.121. The van der Waals surface area contributed by atoms with Crippen LogP contribution in [0.1, 0.15) is 31.2 Å². The largest absolute Gasteiger partial charge is 0.317 e. The zero-order valence-electron chi connectivity index (χ0n) is 11.2. The Hall–Kier alpha value is -0.930. The Balaban J connectivity index is 1.58. The van der Waals surface area contributed by atoms with Gasteiger partial charge in [0.25, 0.3) is 0 Å². The Bertz CT molecular complexity index is 365. The summed E-state index contributed by atoms with van der Waals surface area (Å²) in [6, 6.07) is 6.68. The maximum Gasteiger partial charge on any atom is 0.0270 e. The Morgan fingerprint density at radius 1 is 1.22 bits per heavy atom. The van der Waals surface area contributed by atoms with E-state index in [1.807, 2.05) is 12.4 Å².